The molecule has 0 aromatic carbocycles. The van der Waals surface area contributed by atoms with Gasteiger partial charge in [-0.2, -0.15) is 0 Å². The molecule has 0 aliphatic carbocycles. The van der Waals surface area contributed by atoms with Crippen molar-refractivity contribution in [1.82, 2.24) is 4.98 Å². The molecule has 1 aromatic rings. The molecule has 0 radical (unpaired) electrons. The Morgan fingerprint density at radius 3 is 2.94 bits per heavy atom. The molecular weight excluding hydrogens is 272 g/mol. The van der Waals surface area contributed by atoms with Crippen molar-refractivity contribution in [3.05, 3.63) is 22.3 Å². The Balaban J connectivity index is 2.70. The lowest BCUT2D eigenvalue weighted by Crippen LogP contribution is -2.22. The second-order valence-electron chi connectivity index (χ2n) is 3.56. The first-order valence-electron chi connectivity index (χ1n) is 5.14. The number of anilines is 1. The second kappa shape index (κ2) is 6.83. The third-order valence-electron chi connectivity index (χ3n) is 2.28. The quantitative estimate of drug-likeness (QED) is 0.811. The molecule has 0 bridgehead atoms. The lowest BCUT2D eigenvalue weighted by Gasteiger charge is -2.20. The van der Waals surface area contributed by atoms with E-state index < -0.39 is 0 Å². The van der Waals surface area contributed by atoms with E-state index >= 15 is 0 Å². The van der Waals surface area contributed by atoms with E-state index in [4.69, 9.17) is 4.74 Å². The Morgan fingerprint density at radius 2 is 2.31 bits per heavy atom. The fourth-order valence-electron chi connectivity index (χ4n) is 1.49. The van der Waals surface area contributed by atoms with Crippen LogP contribution in [0.5, 0.6) is 0 Å². The van der Waals surface area contributed by atoms with Gasteiger partial charge >= 0.3 is 0 Å². The summed E-state index contributed by atoms with van der Waals surface area (Å²) >= 11 is 3.34. The van der Waals surface area contributed by atoms with E-state index in [-0.39, 0.29) is 6.61 Å². The highest BCUT2D eigenvalue weighted by Crippen LogP contribution is 2.20. The lowest BCUT2D eigenvalue weighted by atomic mass is 10.2. The summed E-state index contributed by atoms with van der Waals surface area (Å²) < 4.78 is 5.88. The summed E-state index contributed by atoms with van der Waals surface area (Å²) in [6, 6.07) is 1.88. The molecule has 90 valence electrons. The van der Waals surface area contributed by atoms with Crippen LogP contribution in [-0.4, -0.2) is 37.4 Å². The molecule has 4 nitrogen and oxygen atoms in total. The minimum atomic E-state index is -0.00358. The molecule has 0 fully saturated rings. The van der Waals surface area contributed by atoms with Crippen LogP contribution >= 0.6 is 15.9 Å². The van der Waals surface area contributed by atoms with Crippen LogP contribution in [0, 0.1) is 0 Å². The molecule has 0 saturated heterocycles. The Morgan fingerprint density at radius 1 is 1.56 bits per heavy atom. The molecule has 5 heteroatoms. The largest absolute Gasteiger partial charge is 0.392 e. The Bertz CT molecular complexity index is 334. The van der Waals surface area contributed by atoms with Gasteiger partial charge in [-0.3, -0.25) is 0 Å². The maximum atomic E-state index is 9.25. The van der Waals surface area contributed by atoms with E-state index in [1.54, 1.807) is 13.3 Å². The van der Waals surface area contributed by atoms with Crippen molar-refractivity contribution in [2.45, 2.75) is 13.0 Å². The van der Waals surface area contributed by atoms with E-state index in [9.17, 15) is 5.11 Å². The van der Waals surface area contributed by atoms with Gasteiger partial charge in [-0.05, 0) is 28.4 Å². The van der Waals surface area contributed by atoms with E-state index in [1.807, 2.05) is 18.0 Å². The first-order chi connectivity index (χ1) is 7.69. The second-order valence-corrected chi connectivity index (χ2v) is 4.48. The summed E-state index contributed by atoms with van der Waals surface area (Å²) in [5.74, 6) is 0.821. The molecule has 0 saturated carbocycles. The summed E-state index contributed by atoms with van der Waals surface area (Å²) in [4.78, 5) is 6.33. The Labute approximate surface area is 104 Å². The maximum Gasteiger partial charge on any atom is 0.133 e. The zero-order valence-electron chi connectivity index (χ0n) is 9.61. The summed E-state index contributed by atoms with van der Waals surface area (Å²) in [6.45, 7) is 1.58. The van der Waals surface area contributed by atoms with Gasteiger partial charge in [0, 0.05) is 43.5 Å². The fourth-order valence-corrected chi connectivity index (χ4v) is 1.86. The molecule has 16 heavy (non-hydrogen) atoms. The number of ether oxygens (including phenoxy) is 1. The van der Waals surface area contributed by atoms with Crippen LogP contribution in [0.1, 0.15) is 12.0 Å². The summed E-state index contributed by atoms with van der Waals surface area (Å²) in [7, 11) is 3.65. The van der Waals surface area contributed by atoms with Crippen molar-refractivity contribution >= 4 is 21.7 Å². The molecule has 0 unspecified atom stereocenters. The number of aliphatic hydroxyl groups excluding tert-OH is 1. The van der Waals surface area contributed by atoms with Gasteiger partial charge in [0.25, 0.3) is 0 Å². The zero-order valence-corrected chi connectivity index (χ0v) is 11.2. The van der Waals surface area contributed by atoms with Gasteiger partial charge in [0.2, 0.25) is 0 Å². The monoisotopic (exact) mass is 288 g/mol. The summed E-state index contributed by atoms with van der Waals surface area (Å²) in [5.41, 5.74) is 0.828. The standard InChI is InChI=1S/C11H17BrN2O2/c1-14(4-3-5-16-2)11-9(8-15)6-10(12)7-13-11/h6-7,15H,3-5,8H2,1-2H3. The highest BCUT2D eigenvalue weighted by molar-refractivity contribution is 9.10. The molecule has 0 amide bonds. The van der Waals surface area contributed by atoms with Crippen molar-refractivity contribution in [2.75, 3.05) is 32.2 Å². The minimum Gasteiger partial charge on any atom is -0.392 e. The number of hydrogen-bond donors (Lipinski definition) is 1. The van der Waals surface area contributed by atoms with Crippen LogP contribution in [0.4, 0.5) is 5.82 Å². The highest BCUT2D eigenvalue weighted by Gasteiger charge is 2.08. The van der Waals surface area contributed by atoms with E-state index in [1.165, 1.54) is 0 Å². The van der Waals surface area contributed by atoms with Gasteiger partial charge in [0.1, 0.15) is 5.82 Å². The van der Waals surface area contributed by atoms with Gasteiger partial charge in [-0.1, -0.05) is 0 Å². The van der Waals surface area contributed by atoms with Gasteiger partial charge in [-0.15, -0.1) is 0 Å². The fraction of sp³-hybridized carbons (Fsp3) is 0.545. The molecule has 0 spiro atoms. The van der Waals surface area contributed by atoms with Gasteiger partial charge in [0.15, 0.2) is 0 Å². The van der Waals surface area contributed by atoms with Crippen molar-refractivity contribution < 1.29 is 9.84 Å². The van der Waals surface area contributed by atoms with Crippen molar-refractivity contribution in [3.8, 4) is 0 Å². The molecule has 0 aliphatic rings. The first kappa shape index (κ1) is 13.4. The van der Waals surface area contributed by atoms with E-state index in [2.05, 4.69) is 20.9 Å². The minimum absolute atomic E-state index is 0.00358. The number of halogens is 1. The topological polar surface area (TPSA) is 45.6 Å². The third-order valence-corrected chi connectivity index (χ3v) is 2.72. The average Bonchev–Trinajstić information content (AvgIpc) is 2.29. The maximum absolute atomic E-state index is 9.25. The normalized spacial score (nSPS) is 10.5. The smallest absolute Gasteiger partial charge is 0.133 e. The van der Waals surface area contributed by atoms with Gasteiger partial charge in [0.05, 0.1) is 6.61 Å². The lowest BCUT2D eigenvalue weighted by molar-refractivity contribution is 0.196. The Kier molecular flexibility index (Phi) is 5.73. The van der Waals surface area contributed by atoms with Gasteiger partial charge < -0.3 is 14.7 Å². The van der Waals surface area contributed by atoms with E-state index in [0.717, 1.165) is 35.4 Å². The molecule has 0 atom stereocenters. The number of methoxy groups -OCH3 is 1. The van der Waals surface area contributed by atoms with Gasteiger partial charge in [-0.25, -0.2) is 4.98 Å². The number of pyridine rings is 1. The molecule has 1 rings (SSSR count). The molecule has 0 aliphatic heterocycles. The van der Waals surface area contributed by atoms with Crippen LogP contribution < -0.4 is 4.90 Å². The Hall–Kier alpha value is -0.650. The van der Waals surface area contributed by atoms with E-state index in [0.29, 0.717) is 0 Å². The van der Waals surface area contributed by atoms with Crippen LogP contribution in [0.2, 0.25) is 0 Å². The predicted octanol–water partition coefficient (Wildman–Crippen LogP) is 1.81. The van der Waals surface area contributed by atoms with Crippen molar-refractivity contribution in [3.63, 3.8) is 0 Å². The summed E-state index contributed by atoms with van der Waals surface area (Å²) in [5, 5.41) is 9.25. The van der Waals surface area contributed by atoms with Crippen LogP contribution in [0.15, 0.2) is 16.7 Å². The average molecular weight is 289 g/mol. The molecule has 1 N–H and O–H groups in total. The van der Waals surface area contributed by atoms with Crippen LogP contribution in [-0.2, 0) is 11.3 Å². The number of rotatable bonds is 6. The number of nitrogens with zero attached hydrogens (tertiary/aromatic N) is 2. The number of aromatic nitrogens is 1. The SMILES string of the molecule is COCCCN(C)c1ncc(Br)cc1CO. The zero-order chi connectivity index (χ0) is 12.0. The first-order valence-corrected chi connectivity index (χ1v) is 5.93. The highest BCUT2D eigenvalue weighted by atomic mass is 79.9. The van der Waals surface area contributed by atoms with Crippen LogP contribution in [0.3, 0.4) is 0 Å². The third kappa shape index (κ3) is 3.73. The summed E-state index contributed by atoms with van der Waals surface area (Å²) in [6.07, 6.45) is 2.68. The van der Waals surface area contributed by atoms with Crippen molar-refractivity contribution in [1.29, 1.82) is 0 Å². The molecule has 1 heterocycles. The molecular formula is C11H17BrN2O2. The predicted molar refractivity (Wildman–Crippen MR) is 67.6 cm³/mol. The van der Waals surface area contributed by atoms with Crippen molar-refractivity contribution in [2.24, 2.45) is 0 Å². The van der Waals surface area contributed by atoms with Crippen LogP contribution in [0.25, 0.3) is 0 Å². The number of aliphatic hydroxyl groups is 1. The number of hydrogen-bond acceptors (Lipinski definition) is 4. The molecule has 1 aromatic heterocycles.